The lowest BCUT2D eigenvalue weighted by atomic mass is 9.93. The Balaban J connectivity index is 1.63. The second kappa shape index (κ2) is 6.84. The number of hydrogen-bond acceptors (Lipinski definition) is 4. The van der Waals surface area contributed by atoms with Crippen molar-refractivity contribution < 1.29 is 9.84 Å². The van der Waals surface area contributed by atoms with Gasteiger partial charge in [-0.1, -0.05) is 0 Å². The van der Waals surface area contributed by atoms with Crippen LogP contribution in [0.1, 0.15) is 25.7 Å². The topological polar surface area (TPSA) is 41.5 Å². The Morgan fingerprint density at radius 2 is 2.12 bits per heavy atom. The largest absolute Gasteiger partial charge is 0.392 e. The van der Waals surface area contributed by atoms with Gasteiger partial charge in [0.25, 0.3) is 0 Å². The van der Waals surface area contributed by atoms with Crippen LogP contribution in [0.5, 0.6) is 0 Å². The van der Waals surface area contributed by atoms with Crippen molar-refractivity contribution in [2.45, 2.75) is 37.8 Å². The zero-order valence-electron chi connectivity index (χ0n) is 9.86. The summed E-state index contributed by atoms with van der Waals surface area (Å²) < 4.78 is 5.31. The second-order valence-corrected chi connectivity index (χ2v) is 5.99. The standard InChI is InChI=1S/C12H23NO2S/c14-12(10-3-5-15-6-4-10)8-13-11-2-1-7-16-9-11/h10-14H,1-9H2. The average molecular weight is 245 g/mol. The quantitative estimate of drug-likeness (QED) is 0.782. The second-order valence-electron chi connectivity index (χ2n) is 4.84. The van der Waals surface area contributed by atoms with Crippen LogP contribution in [0.3, 0.4) is 0 Å². The molecule has 0 amide bonds. The fourth-order valence-corrected chi connectivity index (χ4v) is 3.56. The fourth-order valence-electron chi connectivity index (χ4n) is 2.46. The van der Waals surface area contributed by atoms with Crippen molar-refractivity contribution in [3.05, 3.63) is 0 Å². The lowest BCUT2D eigenvalue weighted by Crippen LogP contribution is -2.42. The summed E-state index contributed by atoms with van der Waals surface area (Å²) in [7, 11) is 0. The number of aliphatic hydroxyl groups excluding tert-OH is 1. The lowest BCUT2D eigenvalue weighted by Gasteiger charge is -2.29. The first-order valence-electron chi connectivity index (χ1n) is 6.43. The SMILES string of the molecule is OC(CNC1CCCSC1)C1CCOCC1. The van der Waals surface area contributed by atoms with Gasteiger partial charge in [0.05, 0.1) is 6.10 Å². The molecule has 0 bridgehead atoms. The first-order valence-corrected chi connectivity index (χ1v) is 7.58. The molecule has 0 spiro atoms. The zero-order valence-corrected chi connectivity index (χ0v) is 10.7. The Morgan fingerprint density at radius 1 is 1.31 bits per heavy atom. The summed E-state index contributed by atoms with van der Waals surface area (Å²) in [6.07, 6.45) is 4.43. The molecule has 2 fully saturated rings. The molecule has 2 rings (SSSR count). The van der Waals surface area contributed by atoms with E-state index >= 15 is 0 Å². The zero-order chi connectivity index (χ0) is 11.2. The van der Waals surface area contributed by atoms with E-state index in [1.54, 1.807) is 0 Å². The van der Waals surface area contributed by atoms with Gasteiger partial charge in [-0.3, -0.25) is 0 Å². The van der Waals surface area contributed by atoms with Gasteiger partial charge < -0.3 is 15.2 Å². The van der Waals surface area contributed by atoms with Crippen molar-refractivity contribution in [2.75, 3.05) is 31.3 Å². The Bertz CT molecular complexity index is 191. The predicted molar refractivity (Wildman–Crippen MR) is 67.9 cm³/mol. The summed E-state index contributed by atoms with van der Waals surface area (Å²) in [6.45, 7) is 2.40. The van der Waals surface area contributed by atoms with E-state index in [0.717, 1.165) is 32.6 Å². The highest BCUT2D eigenvalue weighted by molar-refractivity contribution is 7.99. The van der Waals surface area contributed by atoms with E-state index in [9.17, 15) is 5.11 Å². The highest BCUT2D eigenvalue weighted by atomic mass is 32.2. The summed E-state index contributed by atoms with van der Waals surface area (Å²) >= 11 is 2.03. The van der Waals surface area contributed by atoms with Crippen LogP contribution in [0, 0.1) is 5.92 Å². The number of rotatable bonds is 4. The van der Waals surface area contributed by atoms with Crippen LogP contribution in [0.15, 0.2) is 0 Å². The maximum atomic E-state index is 10.1. The molecule has 94 valence electrons. The van der Waals surface area contributed by atoms with Crippen LogP contribution < -0.4 is 5.32 Å². The van der Waals surface area contributed by atoms with Crippen molar-refractivity contribution in [3.8, 4) is 0 Å². The van der Waals surface area contributed by atoms with Crippen LogP contribution in [0.4, 0.5) is 0 Å². The summed E-state index contributed by atoms with van der Waals surface area (Å²) in [4.78, 5) is 0. The van der Waals surface area contributed by atoms with Gasteiger partial charge in [0.1, 0.15) is 0 Å². The number of aliphatic hydroxyl groups is 1. The Hall–Kier alpha value is 0.230. The molecule has 0 aliphatic carbocycles. The number of ether oxygens (including phenoxy) is 1. The van der Waals surface area contributed by atoms with Crippen molar-refractivity contribution >= 4 is 11.8 Å². The van der Waals surface area contributed by atoms with E-state index in [4.69, 9.17) is 4.74 Å². The van der Waals surface area contributed by atoms with Crippen LogP contribution >= 0.6 is 11.8 Å². The maximum absolute atomic E-state index is 10.1. The van der Waals surface area contributed by atoms with Crippen molar-refractivity contribution in [2.24, 2.45) is 5.92 Å². The van der Waals surface area contributed by atoms with Crippen molar-refractivity contribution in [1.82, 2.24) is 5.32 Å². The summed E-state index contributed by atoms with van der Waals surface area (Å²) in [5.74, 6) is 2.96. The molecule has 0 aromatic carbocycles. The molecule has 2 saturated heterocycles. The first kappa shape index (κ1) is 12.7. The van der Waals surface area contributed by atoms with E-state index < -0.39 is 0 Å². The molecule has 2 heterocycles. The minimum absolute atomic E-state index is 0.184. The molecule has 0 saturated carbocycles. The Kier molecular flexibility index (Phi) is 5.42. The van der Waals surface area contributed by atoms with Gasteiger partial charge in [-0.05, 0) is 37.4 Å². The van der Waals surface area contributed by atoms with Gasteiger partial charge in [-0.2, -0.15) is 11.8 Å². The van der Waals surface area contributed by atoms with Gasteiger partial charge in [0.2, 0.25) is 0 Å². The van der Waals surface area contributed by atoms with E-state index in [2.05, 4.69) is 5.32 Å². The molecule has 2 aliphatic rings. The molecule has 4 heteroatoms. The van der Waals surface area contributed by atoms with Gasteiger partial charge in [-0.25, -0.2) is 0 Å². The highest BCUT2D eigenvalue weighted by Crippen LogP contribution is 2.20. The number of nitrogens with one attached hydrogen (secondary N) is 1. The number of hydrogen-bond donors (Lipinski definition) is 2. The number of thioether (sulfide) groups is 1. The molecule has 0 aromatic rings. The van der Waals surface area contributed by atoms with Gasteiger partial charge in [0.15, 0.2) is 0 Å². The van der Waals surface area contributed by atoms with Gasteiger partial charge in [-0.15, -0.1) is 0 Å². The van der Waals surface area contributed by atoms with Crippen LogP contribution in [0.25, 0.3) is 0 Å². The van der Waals surface area contributed by atoms with E-state index in [0.29, 0.717) is 12.0 Å². The monoisotopic (exact) mass is 245 g/mol. The third-order valence-electron chi connectivity index (χ3n) is 3.59. The lowest BCUT2D eigenvalue weighted by molar-refractivity contribution is 0.00775. The Morgan fingerprint density at radius 3 is 2.81 bits per heavy atom. The maximum Gasteiger partial charge on any atom is 0.0694 e. The first-order chi connectivity index (χ1) is 7.86. The Labute approximate surface area is 102 Å². The molecular formula is C12H23NO2S. The summed E-state index contributed by atoms with van der Waals surface area (Å²) in [5, 5.41) is 13.6. The molecule has 2 atom stereocenters. The molecule has 2 aliphatic heterocycles. The van der Waals surface area contributed by atoms with Gasteiger partial charge >= 0.3 is 0 Å². The minimum atomic E-state index is -0.184. The summed E-state index contributed by atoms with van der Waals surface area (Å²) in [6, 6.07) is 0.619. The van der Waals surface area contributed by atoms with Crippen molar-refractivity contribution in [1.29, 1.82) is 0 Å². The van der Waals surface area contributed by atoms with Gasteiger partial charge in [0, 0.05) is 31.6 Å². The average Bonchev–Trinajstić information content (AvgIpc) is 2.38. The minimum Gasteiger partial charge on any atom is -0.392 e. The molecule has 16 heavy (non-hydrogen) atoms. The molecular weight excluding hydrogens is 222 g/mol. The third-order valence-corrected chi connectivity index (χ3v) is 4.80. The smallest absolute Gasteiger partial charge is 0.0694 e. The van der Waals surface area contributed by atoms with Crippen LogP contribution in [-0.2, 0) is 4.74 Å². The van der Waals surface area contributed by atoms with Crippen molar-refractivity contribution in [3.63, 3.8) is 0 Å². The summed E-state index contributed by atoms with van der Waals surface area (Å²) in [5.41, 5.74) is 0. The van der Waals surface area contributed by atoms with Crippen LogP contribution in [-0.4, -0.2) is 48.5 Å². The third kappa shape index (κ3) is 3.91. The van der Waals surface area contributed by atoms with E-state index in [1.807, 2.05) is 11.8 Å². The normalized spacial score (nSPS) is 30.2. The fraction of sp³-hybridized carbons (Fsp3) is 1.00. The molecule has 2 unspecified atom stereocenters. The van der Waals surface area contributed by atoms with E-state index in [-0.39, 0.29) is 6.10 Å². The molecule has 2 N–H and O–H groups in total. The highest BCUT2D eigenvalue weighted by Gasteiger charge is 2.23. The van der Waals surface area contributed by atoms with E-state index in [1.165, 1.54) is 24.3 Å². The predicted octanol–water partition coefficient (Wildman–Crippen LogP) is 1.26. The van der Waals surface area contributed by atoms with Crippen LogP contribution in [0.2, 0.25) is 0 Å². The molecule has 0 aromatic heterocycles. The molecule has 0 radical (unpaired) electrons. The molecule has 3 nitrogen and oxygen atoms in total.